The van der Waals surface area contributed by atoms with E-state index in [1.165, 1.54) is 13.5 Å². The molecule has 1 aliphatic heterocycles. The number of carbonyl (C=O) groups excluding carboxylic acids is 2. The topological polar surface area (TPSA) is 59.8 Å². The Hall–Kier alpha value is -1.59. The number of carbonyl (C=O) groups is 2. The molecular formula is C20H28ClN2O3+. The minimum absolute atomic E-state index is 0.00465. The quantitative estimate of drug-likeness (QED) is 0.770. The molecule has 1 amide bonds. The molecule has 1 aliphatic carbocycles. The number of amides is 1. The molecule has 142 valence electrons. The van der Waals surface area contributed by atoms with Crippen LogP contribution in [0.3, 0.4) is 0 Å². The van der Waals surface area contributed by atoms with Crippen LogP contribution in [0.25, 0.3) is 0 Å². The highest BCUT2D eigenvalue weighted by Gasteiger charge is 2.44. The van der Waals surface area contributed by atoms with Crippen LogP contribution in [0, 0.1) is 0 Å². The second kappa shape index (κ2) is 8.87. The zero-order chi connectivity index (χ0) is 18.5. The van der Waals surface area contributed by atoms with E-state index in [4.69, 9.17) is 16.3 Å². The molecule has 2 fully saturated rings. The van der Waals surface area contributed by atoms with E-state index in [9.17, 15) is 9.59 Å². The molecule has 0 spiro atoms. The molecular weight excluding hydrogens is 352 g/mol. The highest BCUT2D eigenvalue weighted by atomic mass is 35.5. The predicted molar refractivity (Wildman–Crippen MR) is 100 cm³/mol. The first kappa shape index (κ1) is 19.2. The van der Waals surface area contributed by atoms with Gasteiger partial charge in [-0.15, -0.1) is 0 Å². The average Bonchev–Trinajstić information content (AvgIpc) is 3.13. The molecule has 3 unspecified atom stereocenters. The van der Waals surface area contributed by atoms with Crippen molar-refractivity contribution < 1.29 is 19.2 Å². The van der Waals surface area contributed by atoms with Crippen molar-refractivity contribution in [1.29, 1.82) is 0 Å². The minimum Gasteiger partial charge on any atom is -0.465 e. The number of methoxy groups -OCH3 is 1. The van der Waals surface area contributed by atoms with Crippen LogP contribution in [0.2, 0.25) is 5.02 Å². The Morgan fingerprint density at radius 1 is 1.12 bits per heavy atom. The number of ether oxygens (including phenoxy) is 1. The SMILES string of the molecule is COC(=O)C1CCC[NH+]1C(C(=O)NC1CCCCC1)c1ccc(Cl)cc1. The number of benzene rings is 1. The highest BCUT2D eigenvalue weighted by Crippen LogP contribution is 2.21. The Kier molecular flexibility index (Phi) is 6.54. The van der Waals surface area contributed by atoms with Gasteiger partial charge in [-0.3, -0.25) is 4.79 Å². The van der Waals surface area contributed by atoms with Crippen LogP contribution in [0.1, 0.15) is 56.6 Å². The van der Waals surface area contributed by atoms with E-state index in [2.05, 4.69) is 5.32 Å². The molecule has 2 aliphatic rings. The van der Waals surface area contributed by atoms with E-state index in [1.54, 1.807) is 12.1 Å². The lowest BCUT2D eigenvalue weighted by atomic mass is 9.94. The van der Waals surface area contributed by atoms with E-state index >= 15 is 0 Å². The summed E-state index contributed by atoms with van der Waals surface area (Å²) < 4.78 is 4.99. The Morgan fingerprint density at radius 2 is 1.81 bits per heavy atom. The lowest BCUT2D eigenvalue weighted by Crippen LogP contribution is -3.16. The third kappa shape index (κ3) is 4.38. The van der Waals surface area contributed by atoms with E-state index in [0.29, 0.717) is 5.02 Å². The highest BCUT2D eigenvalue weighted by molar-refractivity contribution is 6.30. The molecule has 6 heteroatoms. The second-order valence-corrected chi connectivity index (χ2v) is 7.81. The van der Waals surface area contributed by atoms with Crippen LogP contribution in [-0.4, -0.2) is 37.6 Å². The number of likely N-dealkylation sites (tertiary alicyclic amines) is 1. The van der Waals surface area contributed by atoms with Crippen LogP contribution < -0.4 is 10.2 Å². The van der Waals surface area contributed by atoms with Crippen molar-refractivity contribution in [2.75, 3.05) is 13.7 Å². The number of halogens is 1. The summed E-state index contributed by atoms with van der Waals surface area (Å²) >= 11 is 6.03. The molecule has 3 rings (SSSR count). The van der Waals surface area contributed by atoms with Crippen molar-refractivity contribution in [3.63, 3.8) is 0 Å². The summed E-state index contributed by atoms with van der Waals surface area (Å²) in [5, 5.41) is 3.88. The van der Waals surface area contributed by atoms with Crippen molar-refractivity contribution in [2.45, 2.75) is 63.1 Å². The summed E-state index contributed by atoms with van der Waals surface area (Å²) in [4.78, 5) is 26.4. The smallest absolute Gasteiger partial charge is 0.364 e. The molecule has 1 aromatic rings. The Morgan fingerprint density at radius 3 is 2.46 bits per heavy atom. The van der Waals surface area contributed by atoms with Crippen molar-refractivity contribution in [1.82, 2.24) is 5.32 Å². The van der Waals surface area contributed by atoms with Gasteiger partial charge in [-0.05, 0) is 25.0 Å². The minimum atomic E-state index is -0.416. The van der Waals surface area contributed by atoms with Gasteiger partial charge in [0.05, 0.1) is 13.7 Å². The second-order valence-electron chi connectivity index (χ2n) is 7.37. The lowest BCUT2D eigenvalue weighted by Gasteiger charge is -2.30. The first-order valence-corrected chi connectivity index (χ1v) is 9.97. The summed E-state index contributed by atoms with van der Waals surface area (Å²) in [6, 6.07) is 6.93. The molecule has 0 radical (unpaired) electrons. The maximum absolute atomic E-state index is 13.2. The fraction of sp³-hybridized carbons (Fsp3) is 0.600. The third-order valence-electron chi connectivity index (χ3n) is 5.68. The van der Waals surface area contributed by atoms with Gasteiger partial charge in [0.25, 0.3) is 5.91 Å². The first-order valence-electron chi connectivity index (χ1n) is 9.59. The van der Waals surface area contributed by atoms with Crippen LogP contribution >= 0.6 is 11.6 Å². The molecule has 1 saturated carbocycles. The van der Waals surface area contributed by atoms with Gasteiger partial charge in [0.15, 0.2) is 12.1 Å². The van der Waals surface area contributed by atoms with E-state index in [1.807, 2.05) is 12.1 Å². The fourth-order valence-corrected chi connectivity index (χ4v) is 4.47. The molecule has 5 nitrogen and oxygen atoms in total. The monoisotopic (exact) mass is 379 g/mol. The van der Waals surface area contributed by atoms with Crippen molar-refractivity contribution in [3.05, 3.63) is 34.9 Å². The molecule has 0 bridgehead atoms. The Bertz CT molecular complexity index is 628. The number of hydrogen-bond acceptors (Lipinski definition) is 3. The van der Waals surface area contributed by atoms with Gasteiger partial charge in [0.1, 0.15) is 0 Å². The molecule has 1 saturated heterocycles. The molecule has 1 aromatic carbocycles. The van der Waals surface area contributed by atoms with E-state index in [-0.39, 0.29) is 24.0 Å². The predicted octanol–water partition coefficient (Wildman–Crippen LogP) is 2.05. The third-order valence-corrected chi connectivity index (χ3v) is 5.93. The van der Waals surface area contributed by atoms with Gasteiger partial charge in [0, 0.05) is 29.5 Å². The molecule has 3 atom stereocenters. The van der Waals surface area contributed by atoms with Gasteiger partial charge in [-0.1, -0.05) is 43.0 Å². The zero-order valence-corrected chi connectivity index (χ0v) is 16.1. The maximum atomic E-state index is 13.2. The van der Waals surface area contributed by atoms with Gasteiger partial charge in [-0.25, -0.2) is 4.79 Å². The Labute approximate surface area is 160 Å². The standard InChI is InChI=1S/C20H27ClN2O3/c1-26-20(25)17-8-5-13-23(17)18(14-9-11-15(21)12-10-14)19(24)22-16-6-3-2-4-7-16/h9-12,16-18H,2-8,13H2,1H3,(H,22,24)/p+1. The van der Waals surface area contributed by atoms with E-state index < -0.39 is 6.04 Å². The number of nitrogens with one attached hydrogen (secondary N) is 2. The number of esters is 1. The largest absolute Gasteiger partial charge is 0.465 e. The summed E-state index contributed by atoms with van der Waals surface area (Å²) in [6.07, 6.45) is 7.31. The first-order chi connectivity index (χ1) is 12.6. The van der Waals surface area contributed by atoms with E-state index in [0.717, 1.165) is 55.5 Å². The molecule has 1 heterocycles. The van der Waals surface area contributed by atoms with Crippen LogP contribution in [0.4, 0.5) is 0 Å². The van der Waals surface area contributed by atoms with Crippen molar-refractivity contribution in [2.24, 2.45) is 0 Å². The summed E-state index contributed by atoms with van der Waals surface area (Å²) in [7, 11) is 1.41. The van der Waals surface area contributed by atoms with Crippen LogP contribution in [-0.2, 0) is 14.3 Å². The van der Waals surface area contributed by atoms with Gasteiger partial charge < -0.3 is 15.0 Å². The maximum Gasteiger partial charge on any atom is 0.364 e. The zero-order valence-electron chi connectivity index (χ0n) is 15.3. The molecule has 0 aromatic heterocycles. The van der Waals surface area contributed by atoms with Crippen LogP contribution in [0.15, 0.2) is 24.3 Å². The Balaban J connectivity index is 1.84. The van der Waals surface area contributed by atoms with Gasteiger partial charge in [0.2, 0.25) is 0 Å². The average molecular weight is 380 g/mol. The number of rotatable bonds is 5. The summed E-state index contributed by atoms with van der Waals surface area (Å²) in [5.74, 6) is -0.230. The molecule has 26 heavy (non-hydrogen) atoms. The number of quaternary nitrogens is 1. The fourth-order valence-electron chi connectivity index (χ4n) is 4.35. The van der Waals surface area contributed by atoms with Crippen molar-refractivity contribution in [3.8, 4) is 0 Å². The lowest BCUT2D eigenvalue weighted by molar-refractivity contribution is -0.925. The van der Waals surface area contributed by atoms with Gasteiger partial charge in [-0.2, -0.15) is 0 Å². The van der Waals surface area contributed by atoms with Crippen LogP contribution in [0.5, 0.6) is 0 Å². The van der Waals surface area contributed by atoms with Crippen molar-refractivity contribution >= 4 is 23.5 Å². The normalized spacial score (nSPS) is 24.8. The summed E-state index contributed by atoms with van der Waals surface area (Å²) in [5.41, 5.74) is 0.897. The van der Waals surface area contributed by atoms with Gasteiger partial charge >= 0.3 is 5.97 Å². The summed E-state index contributed by atoms with van der Waals surface area (Å²) in [6.45, 7) is 0.783. The molecule has 2 N–H and O–H groups in total. The number of hydrogen-bond donors (Lipinski definition) is 2.